The molecule has 2 N–H and O–H groups in total. The molecular weight excluding hydrogens is 451 g/mol. The van der Waals surface area contributed by atoms with Gasteiger partial charge >= 0.3 is 0 Å². The molecule has 0 saturated heterocycles. The van der Waals surface area contributed by atoms with Crippen LogP contribution in [0, 0.1) is 11.6 Å². The van der Waals surface area contributed by atoms with Gasteiger partial charge in [0.05, 0.1) is 13.2 Å². The van der Waals surface area contributed by atoms with E-state index >= 15 is 0 Å². The lowest BCUT2D eigenvalue weighted by Gasteiger charge is -2.12. The number of methoxy groups -OCH3 is 1. The average Bonchev–Trinajstić information content (AvgIpc) is 2.61. The highest BCUT2D eigenvalue weighted by atomic mass is 127. The van der Waals surface area contributed by atoms with Gasteiger partial charge in [0.15, 0.2) is 5.96 Å². The van der Waals surface area contributed by atoms with Crippen molar-refractivity contribution in [3.8, 4) is 0 Å². The topological polar surface area (TPSA) is 45.7 Å². The van der Waals surface area contributed by atoms with E-state index in [1.807, 2.05) is 6.92 Å². The molecule has 0 spiro atoms. The minimum atomic E-state index is -0.282. The molecule has 0 atom stereocenters. The van der Waals surface area contributed by atoms with E-state index in [0.29, 0.717) is 31.2 Å². The molecule has 0 heterocycles. The number of hydrogen-bond acceptors (Lipinski definition) is 2. The molecule has 7 heteroatoms. The van der Waals surface area contributed by atoms with Crippen molar-refractivity contribution >= 4 is 29.9 Å². The fourth-order valence-electron chi connectivity index (χ4n) is 2.29. The van der Waals surface area contributed by atoms with Crippen LogP contribution in [-0.4, -0.2) is 19.6 Å². The molecule has 2 rings (SSSR count). The van der Waals surface area contributed by atoms with Gasteiger partial charge in [-0.3, -0.25) is 0 Å². The Morgan fingerprint density at radius 2 is 1.73 bits per heavy atom. The van der Waals surface area contributed by atoms with Crippen molar-refractivity contribution in [1.29, 1.82) is 0 Å². The smallest absolute Gasteiger partial charge is 0.191 e. The first kappa shape index (κ1) is 22.3. The molecule has 0 fully saturated rings. The Balaban J connectivity index is 0.00000338. The van der Waals surface area contributed by atoms with E-state index < -0.39 is 0 Å². The Hall–Kier alpha value is -1.74. The largest absolute Gasteiger partial charge is 0.380 e. The molecule has 26 heavy (non-hydrogen) atoms. The van der Waals surface area contributed by atoms with E-state index in [1.165, 1.54) is 25.3 Å². The molecule has 142 valence electrons. The number of nitrogens with zero attached hydrogens (tertiary/aromatic N) is 1. The van der Waals surface area contributed by atoms with Crippen LogP contribution in [0.3, 0.4) is 0 Å². The number of hydrogen-bond donors (Lipinski definition) is 2. The van der Waals surface area contributed by atoms with Crippen molar-refractivity contribution in [2.24, 2.45) is 4.99 Å². The number of benzene rings is 2. The second-order valence-electron chi connectivity index (χ2n) is 5.53. The predicted molar refractivity (Wildman–Crippen MR) is 111 cm³/mol. The molecule has 2 aromatic carbocycles. The Bertz CT molecular complexity index is 708. The van der Waals surface area contributed by atoms with Crippen LogP contribution in [0.15, 0.2) is 47.5 Å². The van der Waals surface area contributed by atoms with Crippen molar-refractivity contribution in [2.75, 3.05) is 13.7 Å². The van der Waals surface area contributed by atoms with Crippen molar-refractivity contribution in [3.63, 3.8) is 0 Å². The number of halogens is 3. The zero-order chi connectivity index (χ0) is 18.1. The third-order valence-corrected chi connectivity index (χ3v) is 3.55. The molecule has 0 aromatic heterocycles. The lowest BCUT2D eigenvalue weighted by molar-refractivity contribution is 0.181. The zero-order valence-electron chi connectivity index (χ0n) is 14.9. The molecule has 0 bridgehead atoms. The summed E-state index contributed by atoms with van der Waals surface area (Å²) >= 11 is 0. The molecule has 0 aliphatic heterocycles. The van der Waals surface area contributed by atoms with Gasteiger partial charge in [-0.2, -0.15) is 0 Å². The third kappa shape index (κ3) is 7.25. The standard InChI is InChI=1S/C19H23F2N3O.HI/c1-3-22-19(23-11-14-4-7-17(20)8-5-14)24-12-15-6-9-18(21)16(10-15)13-25-2;/h4-10H,3,11-13H2,1-2H3,(H2,22,23,24);1H. The number of guanidine groups is 1. The van der Waals surface area contributed by atoms with E-state index in [2.05, 4.69) is 15.6 Å². The molecule has 0 amide bonds. The maximum Gasteiger partial charge on any atom is 0.191 e. The number of nitrogens with one attached hydrogen (secondary N) is 2. The first-order chi connectivity index (χ1) is 12.1. The van der Waals surface area contributed by atoms with Gasteiger partial charge in [0.2, 0.25) is 0 Å². The first-order valence-electron chi connectivity index (χ1n) is 8.15. The zero-order valence-corrected chi connectivity index (χ0v) is 17.2. The van der Waals surface area contributed by atoms with Crippen molar-refractivity contribution in [3.05, 3.63) is 70.8 Å². The molecule has 4 nitrogen and oxygen atoms in total. The summed E-state index contributed by atoms with van der Waals surface area (Å²) in [5.74, 6) is 0.104. The fourth-order valence-corrected chi connectivity index (χ4v) is 2.29. The summed E-state index contributed by atoms with van der Waals surface area (Å²) in [6, 6.07) is 11.2. The quantitative estimate of drug-likeness (QED) is 0.362. The second kappa shape index (κ2) is 11.8. The van der Waals surface area contributed by atoms with Crippen molar-refractivity contribution in [2.45, 2.75) is 26.6 Å². The van der Waals surface area contributed by atoms with Crippen LogP contribution >= 0.6 is 24.0 Å². The Morgan fingerprint density at radius 1 is 1.04 bits per heavy atom. The highest BCUT2D eigenvalue weighted by molar-refractivity contribution is 14.0. The maximum atomic E-state index is 13.6. The lowest BCUT2D eigenvalue weighted by Crippen LogP contribution is -2.36. The van der Waals surface area contributed by atoms with Crippen LogP contribution in [-0.2, 0) is 24.4 Å². The first-order valence-corrected chi connectivity index (χ1v) is 8.15. The molecule has 0 saturated carbocycles. The van der Waals surface area contributed by atoms with Crippen LogP contribution in [0.1, 0.15) is 23.6 Å². The van der Waals surface area contributed by atoms with Crippen molar-refractivity contribution in [1.82, 2.24) is 10.6 Å². The second-order valence-corrected chi connectivity index (χ2v) is 5.53. The number of aliphatic imine (C=N–C) groups is 1. The summed E-state index contributed by atoms with van der Waals surface area (Å²) in [5.41, 5.74) is 2.36. The van der Waals surface area contributed by atoms with E-state index in [1.54, 1.807) is 24.3 Å². The minimum absolute atomic E-state index is 0. The minimum Gasteiger partial charge on any atom is -0.380 e. The molecule has 0 aliphatic rings. The summed E-state index contributed by atoms with van der Waals surface area (Å²) in [6.45, 7) is 3.86. The summed E-state index contributed by atoms with van der Waals surface area (Å²) in [4.78, 5) is 4.50. The fraction of sp³-hybridized carbons (Fsp3) is 0.316. The van der Waals surface area contributed by atoms with Crippen LogP contribution in [0.2, 0.25) is 0 Å². The summed E-state index contributed by atoms with van der Waals surface area (Å²) in [6.07, 6.45) is 0. The average molecular weight is 475 g/mol. The molecule has 0 unspecified atom stereocenters. The molecular formula is C19H24F2IN3O. The van der Waals surface area contributed by atoms with E-state index in [-0.39, 0.29) is 42.2 Å². The van der Waals surface area contributed by atoms with Gasteiger partial charge in [-0.25, -0.2) is 13.8 Å². The van der Waals surface area contributed by atoms with Crippen LogP contribution < -0.4 is 10.6 Å². The van der Waals surface area contributed by atoms with E-state index in [0.717, 1.165) is 11.1 Å². The normalized spacial score (nSPS) is 11.0. The Morgan fingerprint density at radius 3 is 2.38 bits per heavy atom. The van der Waals surface area contributed by atoms with Gasteiger partial charge in [-0.05, 0) is 42.3 Å². The molecule has 0 radical (unpaired) electrons. The molecule has 0 aliphatic carbocycles. The van der Waals surface area contributed by atoms with Gasteiger partial charge in [0, 0.05) is 25.8 Å². The van der Waals surface area contributed by atoms with Crippen LogP contribution in [0.4, 0.5) is 8.78 Å². The van der Waals surface area contributed by atoms with Gasteiger partial charge in [0.25, 0.3) is 0 Å². The van der Waals surface area contributed by atoms with Gasteiger partial charge in [-0.1, -0.05) is 18.2 Å². The lowest BCUT2D eigenvalue weighted by atomic mass is 10.1. The third-order valence-electron chi connectivity index (χ3n) is 3.55. The van der Waals surface area contributed by atoms with Crippen LogP contribution in [0.25, 0.3) is 0 Å². The van der Waals surface area contributed by atoms with Crippen molar-refractivity contribution < 1.29 is 13.5 Å². The van der Waals surface area contributed by atoms with Gasteiger partial charge < -0.3 is 15.4 Å². The highest BCUT2D eigenvalue weighted by Crippen LogP contribution is 2.12. The number of rotatable bonds is 7. The highest BCUT2D eigenvalue weighted by Gasteiger charge is 2.04. The van der Waals surface area contributed by atoms with Gasteiger partial charge in [-0.15, -0.1) is 24.0 Å². The Labute approximate surface area is 170 Å². The summed E-state index contributed by atoms with van der Waals surface area (Å²) < 4.78 is 31.6. The SMILES string of the molecule is CCNC(=NCc1ccc(F)c(COC)c1)NCc1ccc(F)cc1.I. The maximum absolute atomic E-state index is 13.6. The number of ether oxygens (including phenoxy) is 1. The van der Waals surface area contributed by atoms with Crippen LogP contribution in [0.5, 0.6) is 0 Å². The Kier molecular flexibility index (Phi) is 10.1. The van der Waals surface area contributed by atoms with Gasteiger partial charge in [0.1, 0.15) is 11.6 Å². The molecule has 2 aromatic rings. The summed E-state index contributed by atoms with van der Waals surface area (Å²) in [7, 11) is 1.53. The van der Waals surface area contributed by atoms with E-state index in [4.69, 9.17) is 4.74 Å². The summed E-state index contributed by atoms with van der Waals surface area (Å²) in [5, 5.41) is 6.35. The predicted octanol–water partition coefficient (Wildman–Crippen LogP) is 3.98. The van der Waals surface area contributed by atoms with E-state index in [9.17, 15) is 8.78 Å². The monoisotopic (exact) mass is 475 g/mol.